The second-order valence-corrected chi connectivity index (χ2v) is 8.46. The summed E-state index contributed by atoms with van der Waals surface area (Å²) >= 11 is 0. The first-order valence-electron chi connectivity index (χ1n) is 9.68. The molecule has 1 aromatic heterocycles. The van der Waals surface area contributed by atoms with Gasteiger partial charge in [0.15, 0.2) is 0 Å². The fourth-order valence-corrected chi connectivity index (χ4v) is 4.48. The van der Waals surface area contributed by atoms with Gasteiger partial charge in [0, 0.05) is 23.2 Å². The minimum absolute atomic E-state index is 0.0275. The summed E-state index contributed by atoms with van der Waals surface area (Å²) < 4.78 is 0. The van der Waals surface area contributed by atoms with Gasteiger partial charge in [-0.2, -0.15) is 0 Å². The summed E-state index contributed by atoms with van der Waals surface area (Å²) in [7, 11) is 0. The number of hydrogen-bond donors (Lipinski definition) is 1. The predicted octanol–water partition coefficient (Wildman–Crippen LogP) is 4.39. The zero-order chi connectivity index (χ0) is 17.9. The molecule has 2 aromatic rings. The number of hydrogen-bond acceptors (Lipinski definition) is 2. The van der Waals surface area contributed by atoms with Crippen molar-refractivity contribution in [2.24, 2.45) is 5.92 Å². The Kier molecular flexibility index (Phi) is 3.37. The van der Waals surface area contributed by atoms with Crippen LogP contribution in [0, 0.1) is 5.92 Å². The van der Waals surface area contributed by atoms with Crippen molar-refractivity contribution >= 4 is 11.5 Å². The van der Waals surface area contributed by atoms with E-state index in [4.69, 9.17) is 4.98 Å². The van der Waals surface area contributed by atoms with Gasteiger partial charge in [0.2, 0.25) is 0 Å². The van der Waals surface area contributed by atoms with E-state index in [0.717, 1.165) is 29.9 Å². The molecule has 3 nitrogen and oxygen atoms in total. The maximum Gasteiger partial charge on any atom is 0.252 e. The standard InChI is InChI=1S/C23H24N2O/c1-23(2)20-13-15(6-8-19(20)22(26)25-23)17-10-11-21-18(17)9-7-16(24-21)12-14-4-3-5-14/h6-10,13-14H,3-5,11-12H2,1-2H3,(H,25,26). The molecule has 2 aliphatic carbocycles. The highest BCUT2D eigenvalue weighted by Gasteiger charge is 2.35. The Morgan fingerprint density at radius 2 is 1.96 bits per heavy atom. The summed E-state index contributed by atoms with van der Waals surface area (Å²) in [6.45, 7) is 4.12. The van der Waals surface area contributed by atoms with E-state index >= 15 is 0 Å². The summed E-state index contributed by atoms with van der Waals surface area (Å²) in [5, 5.41) is 3.06. The molecule has 1 aromatic carbocycles. The Morgan fingerprint density at radius 1 is 1.15 bits per heavy atom. The molecule has 1 fully saturated rings. The van der Waals surface area contributed by atoms with Gasteiger partial charge in [-0.25, -0.2) is 0 Å². The molecule has 0 spiro atoms. The van der Waals surface area contributed by atoms with Crippen molar-refractivity contribution < 1.29 is 4.79 Å². The molecular formula is C23H24N2O. The number of fused-ring (bicyclic) bond motifs is 2. The van der Waals surface area contributed by atoms with E-state index in [1.807, 2.05) is 6.07 Å². The van der Waals surface area contributed by atoms with Crippen molar-refractivity contribution in [3.63, 3.8) is 0 Å². The number of rotatable bonds is 3. The summed E-state index contributed by atoms with van der Waals surface area (Å²) in [5.41, 5.74) is 7.70. The average molecular weight is 344 g/mol. The Morgan fingerprint density at radius 3 is 2.73 bits per heavy atom. The van der Waals surface area contributed by atoms with Crippen LogP contribution in [0.15, 0.2) is 36.4 Å². The second kappa shape index (κ2) is 5.54. The van der Waals surface area contributed by atoms with Crippen molar-refractivity contribution in [3.8, 4) is 0 Å². The topological polar surface area (TPSA) is 42.0 Å². The van der Waals surface area contributed by atoms with E-state index in [1.54, 1.807) is 0 Å². The van der Waals surface area contributed by atoms with Crippen LogP contribution in [-0.4, -0.2) is 10.9 Å². The molecule has 2 heterocycles. The third-order valence-electron chi connectivity index (χ3n) is 6.22. The Balaban J connectivity index is 1.47. The third-order valence-corrected chi connectivity index (χ3v) is 6.22. The monoisotopic (exact) mass is 344 g/mol. The highest BCUT2D eigenvalue weighted by molar-refractivity contribution is 6.00. The van der Waals surface area contributed by atoms with Gasteiger partial charge in [-0.3, -0.25) is 9.78 Å². The van der Waals surface area contributed by atoms with Crippen molar-refractivity contribution in [3.05, 3.63) is 70.0 Å². The first-order chi connectivity index (χ1) is 12.5. The molecular weight excluding hydrogens is 320 g/mol. The molecule has 3 heteroatoms. The molecule has 0 atom stereocenters. The lowest BCUT2D eigenvalue weighted by atomic mass is 9.82. The number of nitrogens with zero attached hydrogens (tertiary/aromatic N) is 1. The lowest BCUT2D eigenvalue weighted by molar-refractivity contribution is 0.0940. The van der Waals surface area contributed by atoms with E-state index in [9.17, 15) is 4.79 Å². The Bertz CT molecular complexity index is 951. The third kappa shape index (κ3) is 2.41. The van der Waals surface area contributed by atoms with E-state index in [-0.39, 0.29) is 11.4 Å². The first kappa shape index (κ1) is 15.8. The fourth-order valence-electron chi connectivity index (χ4n) is 4.48. The van der Waals surface area contributed by atoms with Crippen LogP contribution in [0.5, 0.6) is 0 Å². The first-order valence-corrected chi connectivity index (χ1v) is 9.68. The maximum atomic E-state index is 12.1. The van der Waals surface area contributed by atoms with Gasteiger partial charge in [-0.1, -0.05) is 37.5 Å². The smallest absolute Gasteiger partial charge is 0.252 e. The average Bonchev–Trinajstić information content (AvgIpc) is 3.09. The van der Waals surface area contributed by atoms with Crippen molar-refractivity contribution in [2.75, 3.05) is 0 Å². The normalized spacial score (nSPS) is 20.2. The summed E-state index contributed by atoms with van der Waals surface area (Å²) in [6.07, 6.45) is 8.42. The molecule has 0 unspecified atom stereocenters. The highest BCUT2D eigenvalue weighted by atomic mass is 16.2. The zero-order valence-corrected chi connectivity index (χ0v) is 15.4. The molecule has 1 saturated carbocycles. The largest absolute Gasteiger partial charge is 0.343 e. The summed E-state index contributed by atoms with van der Waals surface area (Å²) in [6, 6.07) is 10.7. The molecule has 0 saturated heterocycles. The van der Waals surface area contributed by atoms with Crippen LogP contribution in [0.3, 0.4) is 0 Å². The zero-order valence-electron chi connectivity index (χ0n) is 15.4. The van der Waals surface area contributed by atoms with Gasteiger partial charge >= 0.3 is 0 Å². The van der Waals surface area contributed by atoms with E-state index in [2.05, 4.69) is 49.5 Å². The molecule has 1 aliphatic heterocycles. The minimum Gasteiger partial charge on any atom is -0.343 e. The Labute approximate surface area is 154 Å². The van der Waals surface area contributed by atoms with Gasteiger partial charge in [0.1, 0.15) is 0 Å². The number of carbonyl (C=O) groups is 1. The number of pyridine rings is 1. The van der Waals surface area contributed by atoms with E-state index in [1.165, 1.54) is 47.4 Å². The predicted molar refractivity (Wildman–Crippen MR) is 103 cm³/mol. The van der Waals surface area contributed by atoms with Crippen LogP contribution in [0.25, 0.3) is 5.57 Å². The number of nitrogens with one attached hydrogen (secondary N) is 1. The number of benzene rings is 1. The van der Waals surface area contributed by atoms with E-state index in [0.29, 0.717) is 0 Å². The van der Waals surface area contributed by atoms with Crippen LogP contribution in [0.4, 0.5) is 0 Å². The summed E-state index contributed by atoms with van der Waals surface area (Å²) in [4.78, 5) is 17.1. The number of aromatic nitrogens is 1. The van der Waals surface area contributed by atoms with Gasteiger partial charge < -0.3 is 5.32 Å². The molecule has 3 aliphatic rings. The second-order valence-electron chi connectivity index (χ2n) is 8.46. The van der Waals surface area contributed by atoms with Gasteiger partial charge in [0.05, 0.1) is 11.2 Å². The van der Waals surface area contributed by atoms with Gasteiger partial charge in [-0.05, 0) is 61.1 Å². The molecule has 5 rings (SSSR count). The molecule has 1 N–H and O–H groups in total. The van der Waals surface area contributed by atoms with Crippen molar-refractivity contribution in [1.82, 2.24) is 10.3 Å². The summed E-state index contributed by atoms with van der Waals surface area (Å²) in [5.74, 6) is 0.873. The molecule has 0 bridgehead atoms. The Hall–Kier alpha value is -2.42. The number of amides is 1. The molecule has 26 heavy (non-hydrogen) atoms. The SMILES string of the molecule is CC1(C)NC(=O)c2ccc(C3=CCc4nc(CC5CCC5)ccc43)cc21. The van der Waals surface area contributed by atoms with Crippen LogP contribution in [0.1, 0.15) is 71.5 Å². The van der Waals surface area contributed by atoms with Gasteiger partial charge in [0.25, 0.3) is 5.91 Å². The minimum atomic E-state index is -0.310. The van der Waals surface area contributed by atoms with Gasteiger partial charge in [-0.15, -0.1) is 0 Å². The number of allylic oxidation sites excluding steroid dienone is 1. The lowest BCUT2D eigenvalue weighted by Crippen LogP contribution is -2.32. The molecule has 1 amide bonds. The van der Waals surface area contributed by atoms with Crippen LogP contribution >= 0.6 is 0 Å². The van der Waals surface area contributed by atoms with Crippen LogP contribution in [0.2, 0.25) is 0 Å². The molecule has 0 radical (unpaired) electrons. The van der Waals surface area contributed by atoms with Crippen molar-refractivity contribution in [1.29, 1.82) is 0 Å². The van der Waals surface area contributed by atoms with Crippen LogP contribution < -0.4 is 5.32 Å². The van der Waals surface area contributed by atoms with E-state index < -0.39 is 0 Å². The quantitative estimate of drug-likeness (QED) is 0.897. The number of carbonyl (C=O) groups excluding carboxylic acids is 1. The van der Waals surface area contributed by atoms with Crippen LogP contribution in [-0.2, 0) is 18.4 Å². The lowest BCUT2D eigenvalue weighted by Gasteiger charge is -2.25. The van der Waals surface area contributed by atoms with Crippen molar-refractivity contribution in [2.45, 2.75) is 51.5 Å². The highest BCUT2D eigenvalue weighted by Crippen LogP contribution is 2.37. The maximum absolute atomic E-state index is 12.1. The fraction of sp³-hybridized carbons (Fsp3) is 0.391. The molecule has 132 valence electrons.